The molecular weight excluding hydrogens is 396 g/mol. The fraction of sp³-hybridized carbons (Fsp3) is 0.263. The second-order valence-corrected chi connectivity index (χ2v) is 8.47. The number of ether oxygens (including phenoxy) is 1. The summed E-state index contributed by atoms with van der Waals surface area (Å²) in [6, 6.07) is 9.99. The average molecular weight is 416 g/mol. The molecule has 2 heterocycles. The molecule has 1 saturated heterocycles. The fourth-order valence-corrected chi connectivity index (χ4v) is 4.63. The van der Waals surface area contributed by atoms with Gasteiger partial charge in [0.2, 0.25) is 0 Å². The Balaban J connectivity index is 1.63. The van der Waals surface area contributed by atoms with E-state index in [1.807, 2.05) is 12.1 Å². The summed E-state index contributed by atoms with van der Waals surface area (Å²) in [6.07, 6.45) is 0. The maximum absolute atomic E-state index is 12.9. The van der Waals surface area contributed by atoms with Crippen molar-refractivity contribution in [3.05, 3.63) is 62.7 Å². The highest BCUT2D eigenvalue weighted by Crippen LogP contribution is 2.24. The minimum Gasteiger partial charge on any atom is -0.378 e. The second-order valence-electron chi connectivity index (χ2n) is 6.82. The number of sulfonamides is 1. The van der Waals surface area contributed by atoms with Crippen molar-refractivity contribution >= 4 is 32.4 Å². The Morgan fingerprint density at radius 2 is 1.55 bits per heavy atom. The third-order valence-corrected chi connectivity index (χ3v) is 6.33. The summed E-state index contributed by atoms with van der Waals surface area (Å²) in [7, 11) is -3.89. The summed E-state index contributed by atoms with van der Waals surface area (Å²) in [4.78, 5) is 30.1. The van der Waals surface area contributed by atoms with E-state index in [0.29, 0.717) is 30.0 Å². The van der Waals surface area contributed by atoms with Gasteiger partial charge in [-0.25, -0.2) is 8.42 Å². The Hall–Kier alpha value is -3.11. The molecule has 0 atom stereocenters. The van der Waals surface area contributed by atoms with Gasteiger partial charge in [-0.3, -0.25) is 14.3 Å². The van der Waals surface area contributed by atoms with Gasteiger partial charge in [0.15, 0.2) is 0 Å². The standard InChI is InChI=1S/C19H20N4O5S/c1-12-10-15-16(21-19(25)18(24)20-15)11-17(12)29(26,27)22-13-2-4-14(5-3-13)23-6-8-28-9-7-23/h2-5,10-11,22H,6-9H2,1H3,(H,20,24)(H,21,25). The molecule has 29 heavy (non-hydrogen) atoms. The Labute approximate surface area is 166 Å². The lowest BCUT2D eigenvalue weighted by atomic mass is 10.2. The van der Waals surface area contributed by atoms with Crippen molar-refractivity contribution in [2.45, 2.75) is 11.8 Å². The predicted molar refractivity (Wildman–Crippen MR) is 110 cm³/mol. The molecule has 0 bridgehead atoms. The predicted octanol–water partition coefficient (Wildman–Crippen LogP) is 1.16. The van der Waals surface area contributed by atoms with Crippen LogP contribution in [0, 0.1) is 6.92 Å². The first-order valence-corrected chi connectivity index (χ1v) is 10.5. The molecule has 1 aliphatic rings. The highest BCUT2D eigenvalue weighted by atomic mass is 32.2. The summed E-state index contributed by atoms with van der Waals surface area (Å²) in [5, 5.41) is 0. The molecule has 3 aromatic rings. The molecular formula is C19H20N4O5S. The summed E-state index contributed by atoms with van der Waals surface area (Å²) < 4.78 is 33.7. The Bertz CT molecular complexity index is 1270. The van der Waals surface area contributed by atoms with Gasteiger partial charge in [-0.05, 0) is 48.9 Å². The summed E-state index contributed by atoms with van der Waals surface area (Å²) in [5.41, 5.74) is 0.847. The van der Waals surface area contributed by atoms with Gasteiger partial charge < -0.3 is 19.6 Å². The summed E-state index contributed by atoms with van der Waals surface area (Å²) >= 11 is 0. The quantitative estimate of drug-likeness (QED) is 0.548. The SMILES string of the molecule is Cc1cc2[nH]c(=O)c(=O)[nH]c2cc1S(=O)(=O)Nc1ccc(N2CCOCC2)cc1. The van der Waals surface area contributed by atoms with Crippen molar-refractivity contribution in [1.29, 1.82) is 0 Å². The van der Waals surface area contributed by atoms with Crippen LogP contribution in [0.1, 0.15) is 5.56 Å². The zero-order valence-corrected chi connectivity index (χ0v) is 16.5. The molecule has 9 nitrogen and oxygen atoms in total. The van der Waals surface area contributed by atoms with Gasteiger partial charge in [0.1, 0.15) is 0 Å². The molecule has 0 spiro atoms. The first kappa shape index (κ1) is 19.2. The van der Waals surface area contributed by atoms with Gasteiger partial charge in [0.05, 0.1) is 29.1 Å². The second kappa shape index (κ2) is 7.37. The third kappa shape index (κ3) is 3.89. The number of aryl methyl sites for hydroxylation is 1. The van der Waals surface area contributed by atoms with Crippen LogP contribution < -0.4 is 20.7 Å². The summed E-state index contributed by atoms with van der Waals surface area (Å²) in [6.45, 7) is 4.55. The molecule has 4 rings (SSSR count). The smallest absolute Gasteiger partial charge is 0.314 e. The van der Waals surface area contributed by atoms with Crippen LogP contribution in [0.15, 0.2) is 50.9 Å². The van der Waals surface area contributed by atoms with E-state index >= 15 is 0 Å². The van der Waals surface area contributed by atoms with Crippen molar-refractivity contribution in [3.63, 3.8) is 0 Å². The van der Waals surface area contributed by atoms with E-state index in [1.54, 1.807) is 19.1 Å². The number of hydrogen-bond acceptors (Lipinski definition) is 6. The number of anilines is 2. The van der Waals surface area contributed by atoms with Crippen molar-refractivity contribution < 1.29 is 13.2 Å². The van der Waals surface area contributed by atoms with E-state index in [9.17, 15) is 18.0 Å². The van der Waals surface area contributed by atoms with Gasteiger partial charge in [0, 0.05) is 24.5 Å². The largest absolute Gasteiger partial charge is 0.378 e. The van der Waals surface area contributed by atoms with E-state index in [1.165, 1.54) is 12.1 Å². The van der Waals surface area contributed by atoms with Crippen molar-refractivity contribution in [1.82, 2.24) is 9.97 Å². The zero-order valence-electron chi connectivity index (χ0n) is 15.7. The number of aromatic amines is 2. The van der Waals surface area contributed by atoms with Crippen molar-refractivity contribution in [2.24, 2.45) is 0 Å². The molecule has 1 fully saturated rings. The van der Waals surface area contributed by atoms with Gasteiger partial charge in [-0.2, -0.15) is 0 Å². The lowest BCUT2D eigenvalue weighted by Gasteiger charge is -2.28. The van der Waals surface area contributed by atoms with Crippen LogP contribution in [-0.2, 0) is 14.8 Å². The number of fused-ring (bicyclic) bond motifs is 1. The van der Waals surface area contributed by atoms with Crippen LogP contribution in [0.4, 0.5) is 11.4 Å². The van der Waals surface area contributed by atoms with E-state index in [2.05, 4.69) is 19.6 Å². The van der Waals surface area contributed by atoms with Crippen LogP contribution in [-0.4, -0.2) is 44.7 Å². The first-order valence-electron chi connectivity index (χ1n) is 9.06. The van der Waals surface area contributed by atoms with Crippen LogP contribution in [0.3, 0.4) is 0 Å². The van der Waals surface area contributed by atoms with Crippen LogP contribution in [0.2, 0.25) is 0 Å². The molecule has 0 radical (unpaired) electrons. The molecule has 3 N–H and O–H groups in total. The number of rotatable bonds is 4. The molecule has 152 valence electrons. The number of nitrogens with one attached hydrogen (secondary N) is 3. The van der Waals surface area contributed by atoms with E-state index in [-0.39, 0.29) is 10.4 Å². The van der Waals surface area contributed by atoms with Gasteiger partial charge in [-0.1, -0.05) is 0 Å². The lowest BCUT2D eigenvalue weighted by molar-refractivity contribution is 0.122. The van der Waals surface area contributed by atoms with Crippen LogP contribution in [0.5, 0.6) is 0 Å². The molecule has 0 aliphatic carbocycles. The van der Waals surface area contributed by atoms with E-state index < -0.39 is 21.1 Å². The van der Waals surface area contributed by atoms with Crippen LogP contribution in [0.25, 0.3) is 11.0 Å². The lowest BCUT2D eigenvalue weighted by Crippen LogP contribution is -2.36. The normalized spacial score (nSPS) is 14.9. The van der Waals surface area contributed by atoms with E-state index in [0.717, 1.165) is 18.8 Å². The average Bonchev–Trinajstić information content (AvgIpc) is 2.70. The van der Waals surface area contributed by atoms with Gasteiger partial charge >= 0.3 is 11.1 Å². The van der Waals surface area contributed by atoms with E-state index in [4.69, 9.17) is 4.74 Å². The molecule has 0 unspecified atom stereocenters. The number of H-pyrrole nitrogens is 2. The number of morpholine rings is 1. The maximum Gasteiger partial charge on any atom is 0.314 e. The Morgan fingerprint density at radius 1 is 0.966 bits per heavy atom. The van der Waals surface area contributed by atoms with Gasteiger partial charge in [-0.15, -0.1) is 0 Å². The highest BCUT2D eigenvalue weighted by Gasteiger charge is 2.19. The number of nitrogens with zero attached hydrogens (tertiary/aromatic N) is 1. The van der Waals surface area contributed by atoms with Crippen LogP contribution >= 0.6 is 0 Å². The monoisotopic (exact) mass is 416 g/mol. The molecule has 10 heteroatoms. The Morgan fingerprint density at radius 3 is 2.17 bits per heavy atom. The molecule has 0 saturated carbocycles. The maximum atomic E-state index is 12.9. The molecule has 2 aromatic carbocycles. The third-order valence-electron chi connectivity index (χ3n) is 4.80. The molecule has 1 aromatic heterocycles. The van der Waals surface area contributed by atoms with Gasteiger partial charge in [0.25, 0.3) is 10.0 Å². The fourth-order valence-electron chi connectivity index (χ4n) is 3.31. The highest BCUT2D eigenvalue weighted by molar-refractivity contribution is 7.92. The summed E-state index contributed by atoms with van der Waals surface area (Å²) in [5.74, 6) is 0. The number of aromatic nitrogens is 2. The number of benzene rings is 2. The zero-order chi connectivity index (χ0) is 20.6. The molecule has 0 amide bonds. The minimum atomic E-state index is -3.89. The van der Waals surface area contributed by atoms with Crippen molar-refractivity contribution in [2.75, 3.05) is 35.9 Å². The number of hydrogen-bond donors (Lipinski definition) is 3. The Kier molecular flexibility index (Phi) is 4.89. The first-order chi connectivity index (χ1) is 13.8. The minimum absolute atomic E-state index is 0.0185. The molecule has 1 aliphatic heterocycles. The topological polar surface area (TPSA) is 124 Å². The van der Waals surface area contributed by atoms with Crippen molar-refractivity contribution in [3.8, 4) is 0 Å².